The molecule has 0 spiro atoms. The third-order valence-corrected chi connectivity index (χ3v) is 3.58. The molecule has 0 aliphatic carbocycles. The number of hydrogen-bond acceptors (Lipinski definition) is 5. The van der Waals surface area contributed by atoms with E-state index in [-0.39, 0.29) is 12.5 Å². The fourth-order valence-corrected chi connectivity index (χ4v) is 2.29. The first-order valence-corrected chi connectivity index (χ1v) is 6.89. The van der Waals surface area contributed by atoms with Crippen molar-refractivity contribution in [2.45, 2.75) is 13.3 Å². The highest BCUT2D eigenvalue weighted by Gasteiger charge is 2.10. The number of amides is 1. The van der Waals surface area contributed by atoms with Gasteiger partial charge >= 0.3 is 0 Å². The fourth-order valence-electron chi connectivity index (χ4n) is 1.59. The smallest absolute Gasteiger partial charge is 0.245 e. The van der Waals surface area contributed by atoms with E-state index in [0.29, 0.717) is 5.13 Å². The van der Waals surface area contributed by atoms with Crippen LogP contribution in [0.3, 0.4) is 0 Å². The van der Waals surface area contributed by atoms with Gasteiger partial charge in [0.15, 0.2) is 0 Å². The van der Waals surface area contributed by atoms with Crippen LogP contribution in [0.1, 0.15) is 11.9 Å². The Labute approximate surface area is 116 Å². The molecule has 0 fully saturated rings. The van der Waals surface area contributed by atoms with Gasteiger partial charge in [0.2, 0.25) is 11.0 Å². The Morgan fingerprint density at radius 3 is 2.68 bits per heavy atom. The Morgan fingerprint density at radius 1 is 1.32 bits per heavy atom. The van der Waals surface area contributed by atoms with Gasteiger partial charge in [0.25, 0.3) is 0 Å². The lowest BCUT2D eigenvalue weighted by atomic mass is 10.3. The fraction of sp³-hybridized carbons (Fsp3) is 0.308. The zero-order valence-electron chi connectivity index (χ0n) is 11.0. The number of likely N-dealkylation sites (N-methyl/N-ethyl adjacent to an activating group) is 1. The van der Waals surface area contributed by atoms with Crippen LogP contribution in [0.2, 0.25) is 0 Å². The van der Waals surface area contributed by atoms with Crippen molar-refractivity contribution in [1.29, 1.82) is 0 Å². The van der Waals surface area contributed by atoms with Gasteiger partial charge in [-0.2, -0.15) is 0 Å². The predicted octanol–water partition coefficient (Wildman–Crippen LogP) is 2.18. The topological polar surface area (TPSA) is 58.1 Å². The maximum absolute atomic E-state index is 11.9. The monoisotopic (exact) mass is 276 g/mol. The molecule has 1 amide bonds. The maximum atomic E-state index is 11.9. The Bertz CT molecular complexity index is 541. The minimum atomic E-state index is -0.0924. The lowest BCUT2D eigenvalue weighted by Crippen LogP contribution is -2.29. The molecule has 0 aliphatic rings. The maximum Gasteiger partial charge on any atom is 0.245 e. The van der Waals surface area contributed by atoms with Crippen LogP contribution < -0.4 is 10.2 Å². The van der Waals surface area contributed by atoms with E-state index >= 15 is 0 Å². The molecule has 100 valence electrons. The molecule has 2 rings (SSSR count). The Morgan fingerprint density at radius 2 is 2.05 bits per heavy atom. The quantitative estimate of drug-likeness (QED) is 0.909. The number of benzene rings is 1. The summed E-state index contributed by atoms with van der Waals surface area (Å²) in [7, 11) is 1.88. The van der Waals surface area contributed by atoms with E-state index in [1.807, 2.05) is 49.2 Å². The third-order valence-electron chi connectivity index (χ3n) is 2.59. The number of nitrogens with zero attached hydrogens (tertiary/aromatic N) is 3. The molecule has 6 heteroatoms. The van der Waals surface area contributed by atoms with Crippen molar-refractivity contribution in [2.24, 2.45) is 0 Å². The zero-order valence-corrected chi connectivity index (χ0v) is 11.8. The van der Waals surface area contributed by atoms with Crippen LogP contribution in [0, 0.1) is 0 Å². The van der Waals surface area contributed by atoms with Crippen LogP contribution in [0.5, 0.6) is 0 Å². The molecule has 0 atom stereocenters. The molecule has 1 aromatic heterocycles. The highest BCUT2D eigenvalue weighted by Crippen LogP contribution is 2.16. The second-order valence-corrected chi connectivity index (χ2v) is 5.16. The summed E-state index contributed by atoms with van der Waals surface area (Å²) in [5.41, 5.74) is 1.00. The van der Waals surface area contributed by atoms with Crippen molar-refractivity contribution in [1.82, 2.24) is 10.2 Å². The number of para-hydroxylation sites is 1. The van der Waals surface area contributed by atoms with Crippen molar-refractivity contribution in [3.63, 3.8) is 0 Å². The average molecular weight is 276 g/mol. The van der Waals surface area contributed by atoms with E-state index in [2.05, 4.69) is 15.5 Å². The van der Waals surface area contributed by atoms with Gasteiger partial charge in [0.1, 0.15) is 5.01 Å². The van der Waals surface area contributed by atoms with Gasteiger partial charge in [-0.25, -0.2) is 0 Å². The summed E-state index contributed by atoms with van der Waals surface area (Å²) >= 11 is 1.41. The van der Waals surface area contributed by atoms with Crippen LogP contribution in [0.4, 0.5) is 10.8 Å². The number of carbonyl (C=O) groups excluding carboxylic acids is 1. The lowest BCUT2D eigenvalue weighted by Gasteiger charge is -2.17. The minimum Gasteiger partial charge on any atom is -0.365 e. The number of carbonyl (C=O) groups is 1. The van der Waals surface area contributed by atoms with Gasteiger partial charge in [-0.1, -0.05) is 36.5 Å². The Hall–Kier alpha value is -1.95. The molecule has 0 bridgehead atoms. The molecule has 19 heavy (non-hydrogen) atoms. The number of aryl methyl sites for hydroxylation is 1. The van der Waals surface area contributed by atoms with Crippen LogP contribution in [0.25, 0.3) is 0 Å². The number of anilines is 2. The van der Waals surface area contributed by atoms with Gasteiger partial charge in [-0.3, -0.25) is 10.1 Å². The zero-order chi connectivity index (χ0) is 13.7. The van der Waals surface area contributed by atoms with Crippen molar-refractivity contribution in [3.8, 4) is 0 Å². The molecular weight excluding hydrogens is 260 g/mol. The van der Waals surface area contributed by atoms with E-state index in [1.54, 1.807) is 0 Å². The van der Waals surface area contributed by atoms with Crippen LogP contribution in [-0.4, -0.2) is 29.7 Å². The second-order valence-electron chi connectivity index (χ2n) is 4.09. The standard InChI is InChI=1S/C13H16N4OS/c1-3-12-15-16-13(19-12)14-11(18)9-17(2)10-7-5-4-6-8-10/h4-8H,3,9H2,1-2H3,(H,14,16,18). The van der Waals surface area contributed by atoms with Crippen LogP contribution in [0.15, 0.2) is 30.3 Å². The van der Waals surface area contributed by atoms with Crippen LogP contribution in [-0.2, 0) is 11.2 Å². The van der Waals surface area contributed by atoms with Gasteiger partial charge in [0.05, 0.1) is 6.54 Å². The summed E-state index contributed by atoms with van der Waals surface area (Å²) in [6.07, 6.45) is 0.831. The Balaban J connectivity index is 1.91. The number of nitrogens with one attached hydrogen (secondary N) is 1. The summed E-state index contributed by atoms with van der Waals surface area (Å²) < 4.78 is 0. The van der Waals surface area contributed by atoms with Crippen molar-refractivity contribution in [3.05, 3.63) is 35.3 Å². The van der Waals surface area contributed by atoms with E-state index in [4.69, 9.17) is 0 Å². The predicted molar refractivity (Wildman–Crippen MR) is 77.6 cm³/mol. The average Bonchev–Trinajstić information content (AvgIpc) is 2.87. The first kappa shape index (κ1) is 13.5. The normalized spacial score (nSPS) is 10.2. The van der Waals surface area contributed by atoms with Crippen LogP contribution >= 0.6 is 11.3 Å². The molecular formula is C13H16N4OS. The van der Waals surface area contributed by atoms with E-state index in [9.17, 15) is 4.79 Å². The van der Waals surface area contributed by atoms with Gasteiger partial charge in [-0.15, -0.1) is 10.2 Å². The summed E-state index contributed by atoms with van der Waals surface area (Å²) in [5, 5.41) is 12.1. The molecule has 0 aliphatic heterocycles. The summed E-state index contributed by atoms with van der Waals surface area (Å²) in [6.45, 7) is 2.29. The van der Waals surface area contributed by atoms with E-state index in [1.165, 1.54) is 11.3 Å². The summed E-state index contributed by atoms with van der Waals surface area (Å²) in [6, 6.07) is 9.77. The summed E-state index contributed by atoms with van der Waals surface area (Å²) in [5.74, 6) is -0.0924. The van der Waals surface area contributed by atoms with Gasteiger partial charge in [-0.05, 0) is 18.6 Å². The van der Waals surface area contributed by atoms with E-state index < -0.39 is 0 Å². The minimum absolute atomic E-state index is 0.0924. The van der Waals surface area contributed by atoms with Crippen molar-refractivity contribution in [2.75, 3.05) is 23.8 Å². The number of rotatable bonds is 5. The lowest BCUT2D eigenvalue weighted by molar-refractivity contribution is -0.114. The highest BCUT2D eigenvalue weighted by molar-refractivity contribution is 7.15. The Kier molecular flexibility index (Phi) is 4.46. The van der Waals surface area contributed by atoms with Gasteiger partial charge in [0, 0.05) is 12.7 Å². The molecule has 5 nitrogen and oxygen atoms in total. The van der Waals surface area contributed by atoms with Gasteiger partial charge < -0.3 is 4.90 Å². The molecule has 0 saturated carbocycles. The number of aromatic nitrogens is 2. The van der Waals surface area contributed by atoms with E-state index in [0.717, 1.165) is 17.1 Å². The molecule has 2 aromatic rings. The third kappa shape index (κ3) is 3.75. The second kappa shape index (κ2) is 6.29. The first-order chi connectivity index (χ1) is 9.19. The SMILES string of the molecule is CCc1nnc(NC(=O)CN(C)c2ccccc2)s1. The molecule has 1 aromatic carbocycles. The molecule has 0 saturated heterocycles. The highest BCUT2D eigenvalue weighted by atomic mass is 32.1. The number of hydrogen-bond donors (Lipinski definition) is 1. The summed E-state index contributed by atoms with van der Waals surface area (Å²) in [4.78, 5) is 13.8. The molecule has 0 radical (unpaired) electrons. The molecule has 1 heterocycles. The molecule has 1 N–H and O–H groups in total. The van der Waals surface area contributed by atoms with Crippen molar-refractivity contribution >= 4 is 28.1 Å². The first-order valence-electron chi connectivity index (χ1n) is 6.07. The van der Waals surface area contributed by atoms with Crippen molar-refractivity contribution < 1.29 is 4.79 Å². The largest absolute Gasteiger partial charge is 0.365 e. The molecule has 0 unspecified atom stereocenters.